The Morgan fingerprint density at radius 1 is 1.30 bits per heavy atom. The van der Waals surface area contributed by atoms with Gasteiger partial charge >= 0.3 is 0 Å². The first-order chi connectivity index (χ1) is 15.9. The zero-order valence-corrected chi connectivity index (χ0v) is 18.4. The lowest BCUT2D eigenvalue weighted by Crippen LogP contribution is -2.35. The molecule has 3 heterocycles. The summed E-state index contributed by atoms with van der Waals surface area (Å²) in [5.74, 6) is 1.09. The third-order valence-electron chi connectivity index (χ3n) is 6.70. The van der Waals surface area contributed by atoms with Crippen molar-refractivity contribution in [1.82, 2.24) is 19.2 Å². The van der Waals surface area contributed by atoms with Crippen LogP contribution in [0.1, 0.15) is 54.9 Å². The zero-order chi connectivity index (χ0) is 23.1. The number of carbonyl (C=O) groups excluding carboxylic acids is 1. The van der Waals surface area contributed by atoms with Crippen molar-refractivity contribution in [3.63, 3.8) is 0 Å². The molecule has 2 atom stereocenters. The molecule has 2 aliphatic carbocycles. The first-order valence-electron chi connectivity index (χ1n) is 11.3. The molecule has 33 heavy (non-hydrogen) atoms. The predicted octanol–water partition coefficient (Wildman–Crippen LogP) is 3.08. The Morgan fingerprint density at radius 3 is 2.82 bits per heavy atom. The fourth-order valence-corrected chi connectivity index (χ4v) is 4.79. The Kier molecular flexibility index (Phi) is 5.61. The van der Waals surface area contributed by atoms with Crippen LogP contribution in [0.15, 0.2) is 35.4 Å². The number of nitrogens with one attached hydrogen (secondary N) is 2. The van der Waals surface area contributed by atoms with E-state index >= 15 is 0 Å². The molecule has 3 aromatic rings. The smallest absolute Gasteiger partial charge is 0.274 e. The van der Waals surface area contributed by atoms with Gasteiger partial charge in [0.2, 0.25) is 0 Å². The van der Waals surface area contributed by atoms with E-state index in [0.29, 0.717) is 54.2 Å². The maximum absolute atomic E-state index is 13.3. The van der Waals surface area contributed by atoms with E-state index in [2.05, 4.69) is 20.7 Å². The largest absolute Gasteiger partial charge is 0.393 e. The van der Waals surface area contributed by atoms with Crippen LogP contribution in [0.2, 0.25) is 0 Å². The molecule has 0 saturated heterocycles. The summed E-state index contributed by atoms with van der Waals surface area (Å²) in [5, 5.41) is 20.2. The lowest BCUT2D eigenvalue weighted by atomic mass is 9.90. The molecule has 0 spiro atoms. The Hall–Kier alpha value is -3.27. The average molecular weight is 455 g/mol. The van der Waals surface area contributed by atoms with Crippen LogP contribution < -0.4 is 16.2 Å². The van der Waals surface area contributed by atoms with Crippen molar-refractivity contribution in [3.05, 3.63) is 46.5 Å². The van der Waals surface area contributed by atoms with E-state index in [1.807, 2.05) is 0 Å². The number of fused-ring (bicyclic) bond motifs is 1. The van der Waals surface area contributed by atoms with Crippen molar-refractivity contribution in [3.8, 4) is 0 Å². The summed E-state index contributed by atoms with van der Waals surface area (Å²) in [4.78, 5) is 30.5. The van der Waals surface area contributed by atoms with Gasteiger partial charge in [-0.05, 0) is 50.2 Å². The van der Waals surface area contributed by atoms with Gasteiger partial charge in [-0.1, -0.05) is 0 Å². The second-order valence-corrected chi connectivity index (χ2v) is 9.01. The SMILES string of the molecule is CNc1cc(Nc2cccn(C3CC(F)C3)c2=O)nc2c(C(=O)CC3CC[C@@H](O)C3)cnn12. The molecular weight excluding hydrogens is 427 g/mol. The molecule has 2 aliphatic rings. The average Bonchev–Trinajstić information content (AvgIpc) is 3.38. The second kappa shape index (κ2) is 8.58. The Morgan fingerprint density at radius 2 is 2.12 bits per heavy atom. The van der Waals surface area contributed by atoms with Crippen molar-refractivity contribution in [1.29, 1.82) is 0 Å². The number of halogens is 1. The van der Waals surface area contributed by atoms with Gasteiger partial charge in [-0.2, -0.15) is 9.61 Å². The van der Waals surface area contributed by atoms with Gasteiger partial charge in [0.05, 0.1) is 17.9 Å². The number of aliphatic hydroxyl groups is 1. The number of alkyl halides is 1. The predicted molar refractivity (Wildman–Crippen MR) is 122 cm³/mol. The number of aromatic nitrogens is 4. The van der Waals surface area contributed by atoms with Crippen molar-refractivity contribution in [2.45, 2.75) is 56.8 Å². The molecule has 0 aliphatic heterocycles. The minimum absolute atomic E-state index is 0.0661. The van der Waals surface area contributed by atoms with Gasteiger partial charge in [0.15, 0.2) is 11.4 Å². The number of anilines is 3. The van der Waals surface area contributed by atoms with Crippen LogP contribution in [-0.2, 0) is 0 Å². The van der Waals surface area contributed by atoms with Crippen molar-refractivity contribution in [2.75, 3.05) is 17.7 Å². The molecule has 2 saturated carbocycles. The molecule has 0 radical (unpaired) electrons. The van der Waals surface area contributed by atoms with Crippen LogP contribution in [0, 0.1) is 5.92 Å². The topological polar surface area (TPSA) is 114 Å². The Labute approximate surface area is 189 Å². The first kappa shape index (κ1) is 21.6. The summed E-state index contributed by atoms with van der Waals surface area (Å²) in [7, 11) is 1.74. The van der Waals surface area contributed by atoms with E-state index < -0.39 is 6.17 Å². The van der Waals surface area contributed by atoms with E-state index in [0.717, 1.165) is 12.8 Å². The fourth-order valence-electron chi connectivity index (χ4n) is 4.79. The van der Waals surface area contributed by atoms with Crippen LogP contribution in [0.5, 0.6) is 0 Å². The van der Waals surface area contributed by atoms with E-state index in [9.17, 15) is 19.1 Å². The van der Waals surface area contributed by atoms with E-state index in [1.165, 1.54) is 6.20 Å². The zero-order valence-electron chi connectivity index (χ0n) is 18.4. The minimum atomic E-state index is -0.855. The third kappa shape index (κ3) is 4.10. The van der Waals surface area contributed by atoms with Crippen LogP contribution in [-0.4, -0.2) is 49.4 Å². The number of rotatable bonds is 7. The summed E-state index contributed by atoms with van der Waals surface area (Å²) in [6, 6.07) is 4.98. The van der Waals surface area contributed by atoms with Gasteiger partial charge in [-0.25, -0.2) is 9.37 Å². The van der Waals surface area contributed by atoms with Gasteiger partial charge in [0.1, 0.15) is 23.5 Å². The lowest BCUT2D eigenvalue weighted by Gasteiger charge is -2.31. The van der Waals surface area contributed by atoms with Crippen LogP contribution in [0.3, 0.4) is 0 Å². The van der Waals surface area contributed by atoms with Gasteiger partial charge in [-0.3, -0.25) is 9.59 Å². The number of ketones is 1. The number of hydrogen-bond acceptors (Lipinski definition) is 7. The fraction of sp³-hybridized carbons (Fsp3) is 0.478. The van der Waals surface area contributed by atoms with Crippen LogP contribution >= 0.6 is 0 Å². The Bertz CT molecular complexity index is 1250. The molecule has 3 aromatic heterocycles. The highest BCUT2D eigenvalue weighted by Gasteiger charge is 2.31. The molecular formula is C23H27FN6O3. The number of aliphatic hydroxyl groups excluding tert-OH is 1. The van der Waals surface area contributed by atoms with Crippen LogP contribution in [0.25, 0.3) is 5.65 Å². The molecule has 0 aromatic carbocycles. The molecule has 0 bridgehead atoms. The monoisotopic (exact) mass is 454 g/mol. The lowest BCUT2D eigenvalue weighted by molar-refractivity contribution is 0.0959. The summed E-state index contributed by atoms with van der Waals surface area (Å²) < 4.78 is 16.4. The highest BCUT2D eigenvalue weighted by Crippen LogP contribution is 2.34. The first-order valence-corrected chi connectivity index (χ1v) is 11.3. The Balaban J connectivity index is 1.44. The molecule has 3 N–H and O–H groups in total. The highest BCUT2D eigenvalue weighted by atomic mass is 19.1. The molecule has 0 amide bonds. The number of Topliss-reactive ketones (excluding diaryl/α,β-unsaturated/α-hetero) is 1. The molecule has 174 valence electrons. The normalized spacial score (nSPS) is 24.6. The summed E-state index contributed by atoms with van der Waals surface area (Å²) in [5.41, 5.74) is 0.881. The summed E-state index contributed by atoms with van der Waals surface area (Å²) in [6.07, 6.45) is 5.22. The van der Waals surface area contributed by atoms with Gasteiger partial charge in [0.25, 0.3) is 5.56 Å². The molecule has 2 fully saturated rings. The molecule has 1 unspecified atom stereocenters. The summed E-state index contributed by atoms with van der Waals surface area (Å²) in [6.45, 7) is 0. The van der Waals surface area contributed by atoms with Gasteiger partial charge in [-0.15, -0.1) is 0 Å². The van der Waals surface area contributed by atoms with E-state index in [-0.39, 0.29) is 29.4 Å². The summed E-state index contributed by atoms with van der Waals surface area (Å²) >= 11 is 0. The van der Waals surface area contributed by atoms with Crippen LogP contribution in [0.4, 0.5) is 21.7 Å². The van der Waals surface area contributed by atoms with Crippen molar-refractivity contribution >= 4 is 28.8 Å². The van der Waals surface area contributed by atoms with E-state index in [4.69, 9.17) is 0 Å². The maximum atomic E-state index is 13.3. The minimum Gasteiger partial charge on any atom is -0.393 e. The second-order valence-electron chi connectivity index (χ2n) is 9.01. The van der Waals surface area contributed by atoms with E-state index in [1.54, 1.807) is 40.5 Å². The number of carbonyl (C=O) groups is 1. The highest BCUT2D eigenvalue weighted by molar-refractivity contribution is 6.01. The number of hydrogen-bond donors (Lipinski definition) is 3. The number of pyridine rings is 1. The van der Waals surface area contributed by atoms with Crippen molar-refractivity contribution in [2.24, 2.45) is 5.92 Å². The third-order valence-corrected chi connectivity index (χ3v) is 6.70. The molecule has 9 nitrogen and oxygen atoms in total. The van der Waals surface area contributed by atoms with Gasteiger partial charge < -0.3 is 20.3 Å². The quantitative estimate of drug-likeness (QED) is 0.470. The molecule has 5 rings (SSSR count). The standard InChI is InChI=1S/C23H27FN6O3/c1-25-21-11-20(27-18-3-2-6-29(23(18)33)15-9-14(24)10-15)28-22-17(12-26-30(21)22)19(32)8-13-4-5-16(31)7-13/h2-3,6,11-16,25,31H,4-5,7-10H2,1H3,(H,27,28)/t13?,14?,15?,16-/m1/s1. The maximum Gasteiger partial charge on any atom is 0.274 e. The molecule has 10 heteroatoms. The number of nitrogens with zero attached hydrogens (tertiary/aromatic N) is 4. The van der Waals surface area contributed by atoms with Crippen molar-refractivity contribution < 1.29 is 14.3 Å². The van der Waals surface area contributed by atoms with Gasteiger partial charge in [0, 0.05) is 31.8 Å².